The molecule has 2 heterocycles. The smallest absolute Gasteiger partial charge is 0.342 e. The second-order valence-electron chi connectivity index (χ2n) is 9.05. The van der Waals surface area contributed by atoms with Crippen molar-refractivity contribution >= 4 is 23.3 Å². The van der Waals surface area contributed by atoms with E-state index in [9.17, 15) is 24.3 Å². The van der Waals surface area contributed by atoms with Gasteiger partial charge in [0.1, 0.15) is 29.0 Å². The van der Waals surface area contributed by atoms with E-state index in [1.54, 1.807) is 32.3 Å². The molecular weight excluding hydrogens is 466 g/mol. The molecule has 1 aromatic carbocycles. The van der Waals surface area contributed by atoms with Crippen LogP contribution in [0, 0.1) is 5.92 Å². The maximum Gasteiger partial charge on any atom is 0.342 e. The Morgan fingerprint density at radius 3 is 2.67 bits per heavy atom. The van der Waals surface area contributed by atoms with Gasteiger partial charge in [-0.15, -0.1) is 0 Å². The number of cyclic esters (lactones) is 1. The van der Waals surface area contributed by atoms with Gasteiger partial charge in [-0.05, 0) is 56.7 Å². The molecule has 1 aromatic heterocycles. The number of aryl methyl sites for hydroxylation is 1. The number of Topliss-reactive ketones (excluding diaryl/α,β-unsaturated/α-hetero) is 3. The number of aromatic nitrogens is 2. The number of benzene rings is 1. The van der Waals surface area contributed by atoms with Gasteiger partial charge in [-0.1, -0.05) is 6.92 Å². The number of aromatic hydroxyl groups is 1. The van der Waals surface area contributed by atoms with E-state index in [2.05, 4.69) is 15.3 Å². The highest BCUT2D eigenvalue weighted by Crippen LogP contribution is 2.31. The third-order valence-electron chi connectivity index (χ3n) is 6.27. The summed E-state index contributed by atoms with van der Waals surface area (Å²) < 4.78 is 11.4. The molecule has 0 spiro atoms. The molecule has 0 amide bonds. The molecule has 36 heavy (non-hydrogen) atoms. The molecule has 1 aliphatic rings. The summed E-state index contributed by atoms with van der Waals surface area (Å²) in [7, 11) is 0. The molecule has 1 aliphatic heterocycles. The van der Waals surface area contributed by atoms with E-state index in [-0.39, 0.29) is 42.9 Å². The fourth-order valence-electron chi connectivity index (χ4n) is 3.92. The molecule has 0 saturated heterocycles. The lowest BCUT2D eigenvalue weighted by molar-refractivity contribution is -0.144. The standard InChI is InChI=1S/C26H33N3O7/c1-16-7-8-21(31)25(33)20(30)6-3-5-18-13-19(14-22(32)24(18)26(34)36-17(16)2)35-12-4-9-27-15-23-28-10-11-29-23/h10-11,13-14,16-17,27,32H,3-9,12,15H2,1-2H3,(H,28,29)/t16-,17+/m1/s1. The first-order valence-electron chi connectivity index (χ1n) is 12.2. The van der Waals surface area contributed by atoms with Gasteiger partial charge in [0.05, 0.1) is 13.2 Å². The second-order valence-corrected chi connectivity index (χ2v) is 9.05. The number of carbonyl (C=O) groups excluding carboxylic acids is 4. The number of nitrogens with one attached hydrogen (secondary N) is 2. The predicted molar refractivity (Wildman–Crippen MR) is 130 cm³/mol. The predicted octanol–water partition coefficient (Wildman–Crippen LogP) is 2.68. The number of ether oxygens (including phenoxy) is 2. The van der Waals surface area contributed by atoms with E-state index in [1.165, 1.54) is 6.07 Å². The number of aromatic amines is 1. The van der Waals surface area contributed by atoms with Crippen molar-refractivity contribution in [1.29, 1.82) is 0 Å². The van der Waals surface area contributed by atoms with Gasteiger partial charge < -0.3 is 24.9 Å². The number of nitrogens with zero attached hydrogens (tertiary/aromatic N) is 1. The zero-order valence-electron chi connectivity index (χ0n) is 20.7. The summed E-state index contributed by atoms with van der Waals surface area (Å²) in [6.45, 7) is 5.16. The fourth-order valence-corrected chi connectivity index (χ4v) is 3.92. The molecule has 10 nitrogen and oxygen atoms in total. The van der Waals surface area contributed by atoms with E-state index < -0.39 is 29.4 Å². The molecule has 0 unspecified atom stereocenters. The van der Waals surface area contributed by atoms with Crippen LogP contribution in [-0.2, 0) is 32.1 Å². The van der Waals surface area contributed by atoms with Crippen LogP contribution in [0.5, 0.6) is 11.5 Å². The topological polar surface area (TPSA) is 148 Å². The monoisotopic (exact) mass is 499 g/mol. The molecule has 2 aromatic rings. The highest BCUT2D eigenvalue weighted by Gasteiger charge is 2.27. The summed E-state index contributed by atoms with van der Waals surface area (Å²) >= 11 is 0. The Morgan fingerprint density at radius 2 is 1.92 bits per heavy atom. The lowest BCUT2D eigenvalue weighted by Crippen LogP contribution is -2.27. The number of fused-ring (bicyclic) bond motifs is 1. The van der Waals surface area contributed by atoms with Gasteiger partial charge in [0.25, 0.3) is 5.78 Å². The van der Waals surface area contributed by atoms with Crippen LogP contribution >= 0.6 is 0 Å². The van der Waals surface area contributed by atoms with E-state index >= 15 is 0 Å². The zero-order valence-corrected chi connectivity index (χ0v) is 20.7. The van der Waals surface area contributed by atoms with Crippen LogP contribution in [0.15, 0.2) is 24.5 Å². The van der Waals surface area contributed by atoms with Gasteiger partial charge in [-0.2, -0.15) is 0 Å². The molecular formula is C26H33N3O7. The number of phenols is 1. The Hall–Kier alpha value is -3.53. The van der Waals surface area contributed by atoms with Crippen molar-refractivity contribution in [3.8, 4) is 11.5 Å². The zero-order chi connectivity index (χ0) is 26.1. The van der Waals surface area contributed by atoms with Gasteiger partial charge in [0.2, 0.25) is 11.6 Å². The minimum atomic E-state index is -0.982. The van der Waals surface area contributed by atoms with Crippen molar-refractivity contribution in [1.82, 2.24) is 15.3 Å². The Bertz CT molecular complexity index is 1080. The van der Waals surface area contributed by atoms with Crippen LogP contribution in [-0.4, -0.2) is 57.6 Å². The maximum absolute atomic E-state index is 12.9. The van der Waals surface area contributed by atoms with Gasteiger partial charge >= 0.3 is 5.97 Å². The summed E-state index contributed by atoms with van der Waals surface area (Å²) in [6, 6.07) is 3.02. The van der Waals surface area contributed by atoms with Crippen LogP contribution in [0.1, 0.15) is 67.7 Å². The van der Waals surface area contributed by atoms with Crippen molar-refractivity contribution < 1.29 is 33.8 Å². The molecule has 0 bridgehead atoms. The molecule has 0 radical (unpaired) electrons. The highest BCUT2D eigenvalue weighted by molar-refractivity contribution is 6.63. The van der Waals surface area contributed by atoms with Crippen LogP contribution in [0.2, 0.25) is 0 Å². The molecule has 2 atom stereocenters. The van der Waals surface area contributed by atoms with Crippen molar-refractivity contribution in [2.45, 2.75) is 65.0 Å². The Balaban J connectivity index is 1.69. The Kier molecular flexibility index (Phi) is 9.75. The normalized spacial score (nSPS) is 19.9. The number of hydrogen-bond donors (Lipinski definition) is 3. The van der Waals surface area contributed by atoms with E-state index in [4.69, 9.17) is 9.47 Å². The minimum Gasteiger partial charge on any atom is -0.507 e. The molecule has 3 N–H and O–H groups in total. The molecule has 10 heteroatoms. The van der Waals surface area contributed by atoms with Crippen LogP contribution < -0.4 is 10.1 Å². The quantitative estimate of drug-likeness (QED) is 0.297. The maximum atomic E-state index is 12.9. The molecule has 0 saturated carbocycles. The van der Waals surface area contributed by atoms with Crippen molar-refractivity contribution in [2.75, 3.05) is 13.2 Å². The number of esters is 1. The number of hydrogen-bond acceptors (Lipinski definition) is 9. The van der Waals surface area contributed by atoms with E-state index in [0.717, 1.165) is 5.82 Å². The first kappa shape index (κ1) is 27.1. The van der Waals surface area contributed by atoms with Crippen LogP contribution in [0.3, 0.4) is 0 Å². The van der Waals surface area contributed by atoms with Gasteiger partial charge in [0.15, 0.2) is 0 Å². The fraction of sp³-hybridized carbons (Fsp3) is 0.500. The van der Waals surface area contributed by atoms with Crippen LogP contribution in [0.4, 0.5) is 0 Å². The summed E-state index contributed by atoms with van der Waals surface area (Å²) in [4.78, 5) is 56.5. The second kappa shape index (κ2) is 13.0. The number of imidazole rings is 1. The van der Waals surface area contributed by atoms with Gasteiger partial charge in [-0.25, -0.2) is 9.78 Å². The van der Waals surface area contributed by atoms with Crippen molar-refractivity contribution in [3.63, 3.8) is 0 Å². The first-order chi connectivity index (χ1) is 17.3. The first-order valence-corrected chi connectivity index (χ1v) is 12.2. The summed E-state index contributed by atoms with van der Waals surface area (Å²) in [6.07, 6.45) is 4.12. The summed E-state index contributed by atoms with van der Waals surface area (Å²) in [5, 5.41) is 13.9. The highest BCUT2D eigenvalue weighted by atomic mass is 16.5. The number of carbonyl (C=O) groups is 4. The van der Waals surface area contributed by atoms with Crippen LogP contribution in [0.25, 0.3) is 0 Å². The molecule has 3 rings (SSSR count). The number of ketones is 3. The lowest BCUT2D eigenvalue weighted by Gasteiger charge is -2.22. The van der Waals surface area contributed by atoms with Gasteiger partial charge in [0, 0.05) is 31.3 Å². The molecule has 0 fully saturated rings. The third kappa shape index (κ3) is 7.48. The largest absolute Gasteiger partial charge is 0.507 e. The molecule has 0 aliphatic carbocycles. The summed E-state index contributed by atoms with van der Waals surface area (Å²) in [5.41, 5.74) is 0.475. The lowest BCUT2D eigenvalue weighted by atomic mass is 9.94. The van der Waals surface area contributed by atoms with E-state index in [0.29, 0.717) is 43.9 Å². The number of phenolic OH excluding ortho intramolecular Hbond substituents is 1. The Morgan fingerprint density at radius 1 is 1.14 bits per heavy atom. The Labute approximate surface area is 209 Å². The number of rotatable bonds is 7. The summed E-state index contributed by atoms with van der Waals surface area (Å²) in [5.74, 6) is -2.38. The van der Waals surface area contributed by atoms with Crippen molar-refractivity contribution in [3.05, 3.63) is 41.5 Å². The average molecular weight is 500 g/mol. The minimum absolute atomic E-state index is 0.0217. The SMILES string of the molecule is C[C@@H]1CCC(=O)C(=O)C(=O)CCCc2cc(OCCCNCc3ncc[nH]3)cc(O)c2C(=O)O[C@H]1C. The van der Waals surface area contributed by atoms with E-state index in [1.807, 2.05) is 0 Å². The average Bonchev–Trinajstić information content (AvgIpc) is 3.36. The molecule has 194 valence electrons. The van der Waals surface area contributed by atoms with Gasteiger partial charge in [-0.3, -0.25) is 14.4 Å². The third-order valence-corrected chi connectivity index (χ3v) is 6.27. The van der Waals surface area contributed by atoms with Crippen molar-refractivity contribution in [2.24, 2.45) is 5.92 Å². The number of H-pyrrole nitrogens is 1.